The van der Waals surface area contributed by atoms with Crippen LogP contribution in [0.3, 0.4) is 0 Å². The zero-order chi connectivity index (χ0) is 22.3. The number of aryl methyl sites for hydroxylation is 1. The van der Waals surface area contributed by atoms with Gasteiger partial charge < -0.3 is 19.3 Å². The monoisotopic (exact) mass is 431 g/mol. The molecule has 3 aliphatic rings. The summed E-state index contributed by atoms with van der Waals surface area (Å²) < 4.78 is 11.0. The van der Waals surface area contributed by atoms with E-state index in [2.05, 4.69) is 35.0 Å². The molecule has 3 aliphatic heterocycles. The topological polar surface area (TPSA) is 77.6 Å². The normalized spacial score (nSPS) is 28.7. The SMILES string of the molecule is CCOCCN1C(=O)C2C(NC3N(c4cc(C)ccc4OC)CC(C)CN23)N(C)C1=O. The molecular weight excluding hydrogens is 398 g/mol. The van der Waals surface area contributed by atoms with Crippen LogP contribution in [0.2, 0.25) is 0 Å². The lowest BCUT2D eigenvalue weighted by Crippen LogP contribution is -2.67. The van der Waals surface area contributed by atoms with Crippen molar-refractivity contribution in [1.29, 1.82) is 0 Å². The number of hydrogen-bond donors (Lipinski definition) is 1. The van der Waals surface area contributed by atoms with Gasteiger partial charge in [-0.05, 0) is 37.5 Å². The molecule has 1 aromatic rings. The number of nitrogens with one attached hydrogen (secondary N) is 1. The van der Waals surface area contributed by atoms with Gasteiger partial charge in [0.15, 0.2) is 0 Å². The second-order valence-corrected chi connectivity index (χ2v) is 8.64. The second-order valence-electron chi connectivity index (χ2n) is 8.64. The number of benzene rings is 1. The molecule has 0 bridgehead atoms. The zero-order valence-electron chi connectivity index (χ0n) is 19.0. The van der Waals surface area contributed by atoms with Crippen LogP contribution in [-0.4, -0.2) is 92.1 Å². The van der Waals surface area contributed by atoms with Gasteiger partial charge in [0, 0.05) is 26.7 Å². The van der Waals surface area contributed by atoms with Crippen molar-refractivity contribution in [3.05, 3.63) is 23.8 Å². The summed E-state index contributed by atoms with van der Waals surface area (Å²) in [6.07, 6.45) is -0.579. The number of hydrogen-bond acceptors (Lipinski definition) is 7. The van der Waals surface area contributed by atoms with Crippen LogP contribution in [0, 0.1) is 12.8 Å². The second kappa shape index (κ2) is 8.64. The standard InChI is InChI=1S/C22H33N5O4/c1-6-31-10-9-25-20(28)18-19(24(4)22(25)29)23-21-26(12-15(3)13-27(18)21)16-11-14(2)7-8-17(16)30-5/h7-8,11,15,18-19,21,23H,6,9-10,12-13H2,1-5H3. The third-order valence-corrected chi connectivity index (χ3v) is 6.39. The van der Waals surface area contributed by atoms with Crippen molar-refractivity contribution in [1.82, 2.24) is 20.0 Å². The summed E-state index contributed by atoms with van der Waals surface area (Å²) in [6.45, 7) is 8.91. The van der Waals surface area contributed by atoms with Crippen LogP contribution in [-0.2, 0) is 9.53 Å². The highest BCUT2D eigenvalue weighted by Gasteiger charge is 2.56. The number of carbonyl (C=O) groups is 2. The summed E-state index contributed by atoms with van der Waals surface area (Å²) in [5, 5.41) is 3.56. The van der Waals surface area contributed by atoms with Crippen molar-refractivity contribution in [2.45, 2.75) is 39.3 Å². The van der Waals surface area contributed by atoms with E-state index >= 15 is 0 Å². The first-order valence-corrected chi connectivity index (χ1v) is 11.0. The van der Waals surface area contributed by atoms with Crippen LogP contribution >= 0.6 is 0 Å². The number of likely N-dealkylation sites (N-methyl/N-ethyl adjacent to an activating group) is 1. The average Bonchev–Trinajstić information content (AvgIpc) is 3.13. The first kappa shape index (κ1) is 21.9. The Balaban J connectivity index is 1.66. The molecule has 9 nitrogen and oxygen atoms in total. The fourth-order valence-corrected chi connectivity index (χ4v) is 4.93. The highest BCUT2D eigenvalue weighted by Crippen LogP contribution is 2.38. The van der Waals surface area contributed by atoms with Crippen LogP contribution in [0.15, 0.2) is 18.2 Å². The van der Waals surface area contributed by atoms with Crippen molar-refractivity contribution in [3.8, 4) is 5.75 Å². The van der Waals surface area contributed by atoms with Gasteiger partial charge in [0.2, 0.25) is 0 Å². The first-order valence-electron chi connectivity index (χ1n) is 11.0. The molecule has 31 heavy (non-hydrogen) atoms. The van der Waals surface area contributed by atoms with Gasteiger partial charge in [-0.3, -0.25) is 19.9 Å². The van der Waals surface area contributed by atoms with E-state index in [-0.39, 0.29) is 30.9 Å². The van der Waals surface area contributed by atoms with Crippen LogP contribution < -0.4 is 15.0 Å². The van der Waals surface area contributed by atoms with Crippen LogP contribution in [0.5, 0.6) is 5.75 Å². The number of urea groups is 1. The Hall–Kier alpha value is -2.36. The fourth-order valence-electron chi connectivity index (χ4n) is 4.93. The lowest BCUT2D eigenvalue weighted by atomic mass is 10.0. The quantitative estimate of drug-likeness (QED) is 0.680. The van der Waals surface area contributed by atoms with E-state index in [1.165, 1.54) is 4.90 Å². The molecule has 1 N–H and O–H groups in total. The number of rotatable bonds is 6. The van der Waals surface area contributed by atoms with Crippen LogP contribution in [0.4, 0.5) is 10.5 Å². The molecule has 0 spiro atoms. The number of imide groups is 1. The number of fused-ring (bicyclic) bond motifs is 3. The molecule has 0 saturated carbocycles. The Morgan fingerprint density at radius 3 is 2.71 bits per heavy atom. The van der Waals surface area contributed by atoms with E-state index in [4.69, 9.17) is 9.47 Å². The zero-order valence-corrected chi connectivity index (χ0v) is 19.0. The van der Waals surface area contributed by atoms with E-state index in [1.54, 1.807) is 19.1 Å². The van der Waals surface area contributed by atoms with Gasteiger partial charge in [-0.15, -0.1) is 0 Å². The van der Waals surface area contributed by atoms with Gasteiger partial charge in [0.05, 0.1) is 25.9 Å². The average molecular weight is 432 g/mol. The number of ether oxygens (including phenoxy) is 2. The van der Waals surface area contributed by atoms with Gasteiger partial charge in [-0.2, -0.15) is 0 Å². The minimum atomic E-state index is -0.435. The Morgan fingerprint density at radius 2 is 2.00 bits per heavy atom. The maximum atomic E-state index is 13.4. The third-order valence-electron chi connectivity index (χ3n) is 6.39. The molecule has 4 unspecified atom stereocenters. The molecule has 0 radical (unpaired) electrons. The molecule has 0 aromatic heterocycles. The maximum Gasteiger partial charge on any atom is 0.327 e. The molecule has 0 aliphatic carbocycles. The summed E-state index contributed by atoms with van der Waals surface area (Å²) in [5.41, 5.74) is 2.13. The lowest BCUT2D eigenvalue weighted by Gasteiger charge is -2.46. The molecular formula is C22H33N5O4. The lowest BCUT2D eigenvalue weighted by molar-refractivity contribution is -0.139. The van der Waals surface area contributed by atoms with Crippen molar-refractivity contribution in [2.24, 2.45) is 5.92 Å². The Labute approximate surface area is 183 Å². The third kappa shape index (κ3) is 3.75. The minimum absolute atomic E-state index is 0.159. The molecule has 4 atom stereocenters. The maximum absolute atomic E-state index is 13.4. The van der Waals surface area contributed by atoms with E-state index in [9.17, 15) is 9.59 Å². The smallest absolute Gasteiger partial charge is 0.327 e. The Kier molecular flexibility index (Phi) is 6.09. The van der Waals surface area contributed by atoms with E-state index < -0.39 is 6.04 Å². The summed E-state index contributed by atoms with van der Waals surface area (Å²) >= 11 is 0. The first-order chi connectivity index (χ1) is 14.9. The van der Waals surface area contributed by atoms with Crippen LogP contribution in [0.25, 0.3) is 0 Å². The van der Waals surface area contributed by atoms with E-state index in [0.717, 1.165) is 30.1 Å². The molecule has 3 amide bonds. The molecule has 9 heteroatoms. The van der Waals surface area contributed by atoms with Gasteiger partial charge in [0.25, 0.3) is 5.91 Å². The number of amides is 3. The van der Waals surface area contributed by atoms with Gasteiger partial charge in [0.1, 0.15) is 24.2 Å². The highest BCUT2D eigenvalue weighted by molar-refractivity contribution is 6.00. The van der Waals surface area contributed by atoms with Crippen molar-refractivity contribution in [3.63, 3.8) is 0 Å². The molecule has 4 rings (SSSR count). The van der Waals surface area contributed by atoms with Gasteiger partial charge >= 0.3 is 6.03 Å². The van der Waals surface area contributed by atoms with Gasteiger partial charge in [-0.25, -0.2) is 4.79 Å². The molecule has 3 heterocycles. The van der Waals surface area contributed by atoms with Crippen molar-refractivity contribution >= 4 is 17.6 Å². The predicted octanol–water partition coefficient (Wildman–Crippen LogP) is 1.27. The minimum Gasteiger partial charge on any atom is -0.495 e. The summed E-state index contributed by atoms with van der Waals surface area (Å²) in [7, 11) is 3.43. The fraction of sp³-hybridized carbons (Fsp3) is 0.636. The van der Waals surface area contributed by atoms with E-state index in [0.29, 0.717) is 19.1 Å². The number of anilines is 1. The number of carbonyl (C=O) groups excluding carboxylic acids is 2. The van der Waals surface area contributed by atoms with Crippen LogP contribution in [0.1, 0.15) is 19.4 Å². The Bertz CT molecular complexity index is 849. The molecule has 3 saturated heterocycles. The molecule has 1 aromatic carbocycles. The van der Waals surface area contributed by atoms with E-state index in [1.807, 2.05) is 19.1 Å². The Morgan fingerprint density at radius 1 is 1.23 bits per heavy atom. The van der Waals surface area contributed by atoms with Crippen molar-refractivity contribution < 1.29 is 19.1 Å². The van der Waals surface area contributed by atoms with Gasteiger partial charge in [-0.1, -0.05) is 13.0 Å². The predicted molar refractivity (Wildman–Crippen MR) is 117 cm³/mol. The molecule has 170 valence electrons. The van der Waals surface area contributed by atoms with Crippen molar-refractivity contribution in [2.75, 3.05) is 51.9 Å². The number of nitrogens with zero attached hydrogens (tertiary/aromatic N) is 4. The largest absolute Gasteiger partial charge is 0.495 e. The summed E-state index contributed by atoms with van der Waals surface area (Å²) in [5.74, 6) is 0.980. The number of methoxy groups -OCH3 is 1. The summed E-state index contributed by atoms with van der Waals surface area (Å²) in [6, 6.07) is 5.40. The summed E-state index contributed by atoms with van der Waals surface area (Å²) in [4.78, 5) is 33.8. The molecule has 3 fully saturated rings. The highest BCUT2D eigenvalue weighted by atomic mass is 16.5.